The quantitative estimate of drug-likeness (QED) is 0.427. The molecule has 6 rings (SSSR count). The van der Waals surface area contributed by atoms with E-state index in [0.717, 1.165) is 60.1 Å². The highest BCUT2D eigenvalue weighted by Crippen LogP contribution is 2.27. The van der Waals surface area contributed by atoms with E-state index < -0.39 is 0 Å². The first-order valence-electron chi connectivity index (χ1n) is 10.7. The first kappa shape index (κ1) is 19.4. The fourth-order valence-corrected chi connectivity index (χ4v) is 3.83. The Labute approximate surface area is 189 Å². The van der Waals surface area contributed by atoms with Gasteiger partial charge in [0.25, 0.3) is 0 Å². The zero-order valence-corrected chi connectivity index (χ0v) is 17.7. The minimum Gasteiger partial charge on any atom is -0.457 e. The third-order valence-electron chi connectivity index (χ3n) is 5.51. The van der Waals surface area contributed by atoms with Crippen LogP contribution >= 0.6 is 0 Å². The van der Waals surface area contributed by atoms with Crippen LogP contribution < -0.4 is 20.3 Å². The average molecular weight is 439 g/mol. The fourth-order valence-electron chi connectivity index (χ4n) is 3.83. The summed E-state index contributed by atoms with van der Waals surface area (Å²) in [6.07, 6.45) is 4.88. The number of anilines is 3. The summed E-state index contributed by atoms with van der Waals surface area (Å²) in [6, 6.07) is 15.4. The largest absolute Gasteiger partial charge is 0.457 e. The molecule has 1 aliphatic rings. The molecular formula is C23H21N9O. The van der Waals surface area contributed by atoms with Crippen LogP contribution in [0.2, 0.25) is 0 Å². The van der Waals surface area contributed by atoms with Crippen molar-refractivity contribution in [2.24, 2.45) is 0 Å². The van der Waals surface area contributed by atoms with Crippen molar-refractivity contribution in [2.75, 3.05) is 36.4 Å². The molecule has 0 aliphatic carbocycles. The molecule has 1 saturated heterocycles. The van der Waals surface area contributed by atoms with Gasteiger partial charge in [-0.2, -0.15) is 5.10 Å². The fraction of sp³-hybridized carbons (Fsp3) is 0.174. The third-order valence-corrected chi connectivity index (χ3v) is 5.51. The topological polar surface area (TPSA) is 105 Å². The van der Waals surface area contributed by atoms with Crippen LogP contribution in [0, 0.1) is 0 Å². The molecule has 0 amide bonds. The van der Waals surface area contributed by atoms with E-state index in [-0.39, 0.29) is 0 Å². The maximum atomic E-state index is 5.96. The maximum Gasteiger partial charge on any atom is 0.160 e. The molecule has 0 unspecified atom stereocenters. The number of fused-ring (bicyclic) bond motifs is 2. The van der Waals surface area contributed by atoms with Crippen molar-refractivity contribution < 1.29 is 4.74 Å². The molecule has 164 valence electrons. The molecule has 0 radical (unpaired) electrons. The summed E-state index contributed by atoms with van der Waals surface area (Å²) in [5, 5.41) is 10.8. The van der Waals surface area contributed by atoms with Crippen LogP contribution in [0.4, 0.5) is 17.3 Å². The van der Waals surface area contributed by atoms with Crippen molar-refractivity contribution >= 4 is 34.0 Å². The highest BCUT2D eigenvalue weighted by Gasteiger charge is 2.14. The van der Waals surface area contributed by atoms with Crippen LogP contribution in [0.15, 0.2) is 67.4 Å². The van der Waals surface area contributed by atoms with Crippen LogP contribution in [-0.4, -0.2) is 55.7 Å². The molecule has 5 aromatic rings. The first-order valence-corrected chi connectivity index (χ1v) is 10.7. The summed E-state index contributed by atoms with van der Waals surface area (Å²) in [5.74, 6) is 3.02. The van der Waals surface area contributed by atoms with Crippen LogP contribution in [0.1, 0.15) is 0 Å². The van der Waals surface area contributed by atoms with Crippen molar-refractivity contribution in [3.63, 3.8) is 0 Å². The lowest BCUT2D eigenvalue weighted by molar-refractivity contribution is 0.482. The predicted octanol–water partition coefficient (Wildman–Crippen LogP) is 3.01. The van der Waals surface area contributed by atoms with Crippen molar-refractivity contribution in [1.29, 1.82) is 0 Å². The number of nitrogens with zero attached hydrogens (tertiary/aromatic N) is 7. The molecule has 0 atom stereocenters. The number of rotatable bonds is 5. The number of pyridine rings is 2. The molecule has 0 spiro atoms. The standard InChI is InChI=1S/C23H21N9O/c1-3-17(33-18-7-10-32-21(13-18)26-15-28-32)4-2-16(1)29-23-22-19(25-14-27-23)5-6-20(30-22)31-11-8-24-9-12-31/h1-7,10,13-15,24H,8-9,11-12H2,(H,25,27,29). The van der Waals surface area contributed by atoms with Crippen LogP contribution in [0.25, 0.3) is 16.7 Å². The number of hydrogen-bond donors (Lipinski definition) is 2. The summed E-state index contributed by atoms with van der Waals surface area (Å²) >= 11 is 0. The SMILES string of the molecule is c1nc(Nc2ccc(Oc3ccn4ncnc4c3)cc2)c2nc(N3CCNCC3)ccc2n1. The average Bonchev–Trinajstić information content (AvgIpc) is 3.34. The van der Waals surface area contributed by atoms with Crippen LogP contribution in [0.3, 0.4) is 0 Å². The maximum absolute atomic E-state index is 5.96. The Morgan fingerprint density at radius 2 is 1.76 bits per heavy atom. The lowest BCUT2D eigenvalue weighted by Gasteiger charge is -2.28. The Balaban J connectivity index is 1.22. The summed E-state index contributed by atoms with van der Waals surface area (Å²) in [7, 11) is 0. The molecule has 5 heterocycles. The number of benzene rings is 1. The minimum absolute atomic E-state index is 0.669. The van der Waals surface area contributed by atoms with E-state index in [1.165, 1.54) is 6.33 Å². The Morgan fingerprint density at radius 3 is 2.64 bits per heavy atom. The number of ether oxygens (including phenoxy) is 1. The second-order valence-corrected chi connectivity index (χ2v) is 7.67. The zero-order chi connectivity index (χ0) is 22.0. The van der Waals surface area contributed by atoms with Crippen LogP contribution in [0.5, 0.6) is 11.5 Å². The lowest BCUT2D eigenvalue weighted by atomic mass is 10.2. The van der Waals surface area contributed by atoms with Crippen molar-refractivity contribution in [2.45, 2.75) is 0 Å². The highest BCUT2D eigenvalue weighted by molar-refractivity contribution is 5.88. The van der Waals surface area contributed by atoms with E-state index in [1.54, 1.807) is 10.8 Å². The molecular weight excluding hydrogens is 418 g/mol. The zero-order valence-electron chi connectivity index (χ0n) is 17.7. The van der Waals surface area contributed by atoms with Crippen molar-refractivity contribution in [3.8, 4) is 11.5 Å². The summed E-state index contributed by atoms with van der Waals surface area (Å²) < 4.78 is 7.64. The van der Waals surface area contributed by atoms with Gasteiger partial charge in [0.2, 0.25) is 0 Å². The van der Waals surface area contributed by atoms with E-state index in [0.29, 0.717) is 11.6 Å². The van der Waals surface area contributed by atoms with E-state index in [4.69, 9.17) is 9.72 Å². The monoisotopic (exact) mass is 439 g/mol. The summed E-state index contributed by atoms with van der Waals surface area (Å²) in [4.78, 5) is 20.1. The Hall–Kier alpha value is -4.31. The van der Waals surface area contributed by atoms with Gasteiger partial charge < -0.3 is 20.3 Å². The minimum atomic E-state index is 0.669. The second kappa shape index (κ2) is 8.32. The van der Waals surface area contributed by atoms with Crippen LogP contribution in [-0.2, 0) is 0 Å². The van der Waals surface area contributed by atoms with Crippen molar-refractivity contribution in [3.05, 3.63) is 67.4 Å². The second-order valence-electron chi connectivity index (χ2n) is 7.67. The Kier molecular flexibility index (Phi) is 4.89. The van der Waals surface area contributed by atoms with Gasteiger partial charge >= 0.3 is 0 Å². The normalized spacial score (nSPS) is 14.0. The third kappa shape index (κ3) is 3.99. The molecule has 10 nitrogen and oxygen atoms in total. The van der Waals surface area contributed by atoms with E-state index in [9.17, 15) is 0 Å². The van der Waals surface area contributed by atoms with Gasteiger partial charge in [-0.05, 0) is 42.5 Å². The van der Waals surface area contributed by atoms with Gasteiger partial charge in [-0.1, -0.05) is 0 Å². The smallest absolute Gasteiger partial charge is 0.160 e. The summed E-state index contributed by atoms with van der Waals surface area (Å²) in [6.45, 7) is 3.77. The highest BCUT2D eigenvalue weighted by atomic mass is 16.5. The molecule has 1 fully saturated rings. The lowest BCUT2D eigenvalue weighted by Crippen LogP contribution is -2.43. The first-order chi connectivity index (χ1) is 16.3. The molecule has 0 bridgehead atoms. The molecule has 1 aromatic carbocycles. The Morgan fingerprint density at radius 1 is 0.879 bits per heavy atom. The molecule has 33 heavy (non-hydrogen) atoms. The van der Waals surface area contributed by atoms with Gasteiger partial charge in [-0.3, -0.25) is 0 Å². The molecule has 10 heteroatoms. The number of piperazine rings is 1. The Bertz CT molecular complexity index is 1410. The van der Waals surface area contributed by atoms with E-state index in [1.807, 2.05) is 54.7 Å². The molecule has 1 aliphatic heterocycles. The van der Waals surface area contributed by atoms with Gasteiger partial charge in [0.15, 0.2) is 11.5 Å². The summed E-state index contributed by atoms with van der Waals surface area (Å²) in [5.41, 5.74) is 3.16. The molecule has 0 saturated carbocycles. The predicted molar refractivity (Wildman–Crippen MR) is 125 cm³/mol. The molecule has 4 aromatic heterocycles. The van der Waals surface area contributed by atoms with Gasteiger partial charge in [-0.25, -0.2) is 24.5 Å². The van der Waals surface area contributed by atoms with Gasteiger partial charge in [0.05, 0.1) is 5.52 Å². The number of aromatic nitrogens is 6. The van der Waals surface area contributed by atoms with E-state index >= 15 is 0 Å². The number of hydrogen-bond acceptors (Lipinski definition) is 9. The van der Waals surface area contributed by atoms with Gasteiger partial charge in [0, 0.05) is 44.1 Å². The van der Waals surface area contributed by atoms with Crippen molar-refractivity contribution in [1.82, 2.24) is 34.9 Å². The van der Waals surface area contributed by atoms with E-state index in [2.05, 4.69) is 35.6 Å². The van der Waals surface area contributed by atoms with Gasteiger partial charge in [0.1, 0.15) is 35.5 Å². The van der Waals surface area contributed by atoms with Gasteiger partial charge in [-0.15, -0.1) is 0 Å². The molecule has 2 N–H and O–H groups in total. The number of nitrogens with one attached hydrogen (secondary N) is 2.